The average molecular weight is 384 g/mol. The van der Waals surface area contributed by atoms with Crippen LogP contribution in [0.3, 0.4) is 0 Å². The molecule has 1 atom stereocenters. The summed E-state index contributed by atoms with van der Waals surface area (Å²) in [5, 5.41) is 0. The normalized spacial score (nSPS) is 19.9. The van der Waals surface area contributed by atoms with E-state index >= 15 is 0 Å². The van der Waals surface area contributed by atoms with Gasteiger partial charge < -0.3 is 14.4 Å². The van der Waals surface area contributed by atoms with Gasteiger partial charge in [-0.05, 0) is 54.3 Å². The van der Waals surface area contributed by atoms with E-state index in [9.17, 15) is 9.18 Å². The molecule has 148 valence electrons. The fourth-order valence-corrected chi connectivity index (χ4v) is 3.96. The Morgan fingerprint density at radius 1 is 1.21 bits per heavy atom. The van der Waals surface area contributed by atoms with E-state index < -0.39 is 0 Å². The standard InChI is InChI=1S/C22H25FN2O3/c1-27-19-8-9-20-17(13-19)3-2-10-25(20)22(26)15-24-11-12-28-21(14-24)16-4-6-18(23)7-5-16/h4-9,13,21H,2-3,10-12,14-15H2,1H3. The topological polar surface area (TPSA) is 42.0 Å². The van der Waals surface area contributed by atoms with Crippen LogP contribution in [0.5, 0.6) is 5.75 Å². The first-order chi connectivity index (χ1) is 13.6. The minimum absolute atomic E-state index is 0.103. The first-order valence-electron chi connectivity index (χ1n) is 9.71. The van der Waals surface area contributed by atoms with Crippen molar-refractivity contribution in [3.05, 3.63) is 59.4 Å². The van der Waals surface area contributed by atoms with Crippen molar-refractivity contribution in [2.75, 3.05) is 44.8 Å². The van der Waals surface area contributed by atoms with Crippen LogP contribution in [-0.4, -0.2) is 50.7 Å². The predicted octanol–water partition coefficient (Wildman–Crippen LogP) is 3.19. The number of aryl methyl sites for hydroxylation is 1. The van der Waals surface area contributed by atoms with Crippen molar-refractivity contribution in [1.82, 2.24) is 4.90 Å². The highest BCUT2D eigenvalue weighted by Gasteiger charge is 2.28. The number of morpholine rings is 1. The Kier molecular flexibility index (Phi) is 5.59. The summed E-state index contributed by atoms with van der Waals surface area (Å²) in [4.78, 5) is 17.0. The van der Waals surface area contributed by atoms with Gasteiger partial charge in [0.2, 0.25) is 5.91 Å². The molecule has 1 saturated heterocycles. The highest BCUT2D eigenvalue weighted by Crippen LogP contribution is 2.31. The number of methoxy groups -OCH3 is 1. The van der Waals surface area contributed by atoms with E-state index in [1.807, 2.05) is 23.1 Å². The summed E-state index contributed by atoms with van der Waals surface area (Å²) >= 11 is 0. The number of amides is 1. The van der Waals surface area contributed by atoms with E-state index in [1.165, 1.54) is 12.1 Å². The molecule has 0 N–H and O–H groups in total. The van der Waals surface area contributed by atoms with Crippen LogP contribution in [0.25, 0.3) is 0 Å². The summed E-state index contributed by atoms with van der Waals surface area (Å²) in [5.74, 6) is 0.668. The maximum Gasteiger partial charge on any atom is 0.241 e. The van der Waals surface area contributed by atoms with Crippen molar-refractivity contribution in [1.29, 1.82) is 0 Å². The van der Waals surface area contributed by atoms with E-state index in [2.05, 4.69) is 4.90 Å². The lowest BCUT2D eigenvalue weighted by Crippen LogP contribution is -2.47. The molecule has 4 rings (SSSR count). The number of carbonyl (C=O) groups is 1. The van der Waals surface area contributed by atoms with Crippen LogP contribution in [-0.2, 0) is 16.0 Å². The van der Waals surface area contributed by atoms with Gasteiger partial charge in [0.1, 0.15) is 11.6 Å². The minimum Gasteiger partial charge on any atom is -0.497 e. The van der Waals surface area contributed by atoms with Crippen LogP contribution in [0.2, 0.25) is 0 Å². The third-order valence-corrected chi connectivity index (χ3v) is 5.46. The Labute approximate surface area is 164 Å². The summed E-state index contributed by atoms with van der Waals surface area (Å²) in [5.41, 5.74) is 3.08. The number of halogens is 1. The number of rotatable bonds is 4. The van der Waals surface area contributed by atoms with Crippen LogP contribution in [0, 0.1) is 5.82 Å². The SMILES string of the molecule is COc1ccc2c(c1)CCCN2C(=O)CN1CCOC(c2ccc(F)cc2)C1. The van der Waals surface area contributed by atoms with Gasteiger partial charge in [0, 0.05) is 25.3 Å². The number of carbonyl (C=O) groups excluding carboxylic acids is 1. The van der Waals surface area contributed by atoms with Crippen molar-refractivity contribution in [3.63, 3.8) is 0 Å². The van der Waals surface area contributed by atoms with Crippen LogP contribution >= 0.6 is 0 Å². The monoisotopic (exact) mass is 384 g/mol. The third kappa shape index (κ3) is 4.03. The van der Waals surface area contributed by atoms with Crippen molar-refractivity contribution in [3.8, 4) is 5.75 Å². The molecule has 1 amide bonds. The molecule has 2 heterocycles. The van der Waals surface area contributed by atoms with Crippen molar-refractivity contribution in [2.24, 2.45) is 0 Å². The van der Waals surface area contributed by atoms with E-state index in [0.717, 1.165) is 42.0 Å². The number of ether oxygens (including phenoxy) is 2. The molecule has 28 heavy (non-hydrogen) atoms. The van der Waals surface area contributed by atoms with E-state index in [4.69, 9.17) is 9.47 Å². The fraction of sp³-hybridized carbons (Fsp3) is 0.409. The first kappa shape index (κ1) is 18.9. The number of fused-ring (bicyclic) bond motifs is 1. The molecule has 2 aliphatic rings. The highest BCUT2D eigenvalue weighted by atomic mass is 19.1. The summed E-state index contributed by atoms with van der Waals surface area (Å²) in [6, 6.07) is 12.3. The Morgan fingerprint density at radius 2 is 2.04 bits per heavy atom. The maximum absolute atomic E-state index is 13.2. The lowest BCUT2D eigenvalue weighted by molar-refractivity contribution is -0.122. The lowest BCUT2D eigenvalue weighted by Gasteiger charge is -2.35. The Bertz CT molecular complexity index is 840. The number of hydrogen-bond donors (Lipinski definition) is 0. The molecule has 5 nitrogen and oxygen atoms in total. The summed E-state index contributed by atoms with van der Waals surface area (Å²) in [6.07, 6.45) is 1.77. The van der Waals surface area contributed by atoms with Crippen LogP contribution in [0.4, 0.5) is 10.1 Å². The number of anilines is 1. The summed E-state index contributed by atoms with van der Waals surface area (Å²) in [6.45, 7) is 2.99. The number of benzene rings is 2. The third-order valence-electron chi connectivity index (χ3n) is 5.46. The summed E-state index contributed by atoms with van der Waals surface area (Å²) in [7, 11) is 1.66. The maximum atomic E-state index is 13.2. The van der Waals surface area contributed by atoms with E-state index in [-0.39, 0.29) is 17.8 Å². The fourth-order valence-electron chi connectivity index (χ4n) is 3.96. The molecule has 0 radical (unpaired) electrons. The van der Waals surface area contributed by atoms with Crippen molar-refractivity contribution < 1.29 is 18.7 Å². The zero-order chi connectivity index (χ0) is 19.5. The van der Waals surface area contributed by atoms with Gasteiger partial charge in [-0.3, -0.25) is 9.69 Å². The molecule has 6 heteroatoms. The molecule has 2 aromatic carbocycles. The largest absolute Gasteiger partial charge is 0.497 e. The van der Waals surface area contributed by atoms with Crippen molar-refractivity contribution >= 4 is 11.6 Å². The van der Waals surface area contributed by atoms with E-state index in [0.29, 0.717) is 26.2 Å². The summed E-state index contributed by atoms with van der Waals surface area (Å²) < 4.78 is 24.3. The molecule has 0 bridgehead atoms. The Balaban J connectivity index is 1.43. The molecule has 0 aliphatic carbocycles. The highest BCUT2D eigenvalue weighted by molar-refractivity contribution is 5.96. The van der Waals surface area contributed by atoms with Crippen LogP contribution < -0.4 is 9.64 Å². The second kappa shape index (κ2) is 8.29. The molecule has 2 aromatic rings. The second-order valence-electron chi connectivity index (χ2n) is 7.29. The smallest absolute Gasteiger partial charge is 0.241 e. The zero-order valence-corrected chi connectivity index (χ0v) is 16.1. The average Bonchev–Trinajstić information content (AvgIpc) is 2.73. The van der Waals surface area contributed by atoms with Crippen LogP contribution in [0.1, 0.15) is 23.7 Å². The second-order valence-corrected chi connectivity index (χ2v) is 7.29. The Hall–Kier alpha value is -2.44. The predicted molar refractivity (Wildman–Crippen MR) is 105 cm³/mol. The number of hydrogen-bond acceptors (Lipinski definition) is 4. The zero-order valence-electron chi connectivity index (χ0n) is 16.1. The van der Waals surface area contributed by atoms with Gasteiger partial charge in [-0.1, -0.05) is 12.1 Å². The van der Waals surface area contributed by atoms with E-state index in [1.54, 1.807) is 19.2 Å². The molecule has 0 aromatic heterocycles. The molecule has 0 spiro atoms. The minimum atomic E-state index is -0.257. The Morgan fingerprint density at radius 3 is 2.82 bits per heavy atom. The first-order valence-corrected chi connectivity index (χ1v) is 9.71. The lowest BCUT2D eigenvalue weighted by atomic mass is 10.0. The molecular formula is C22H25FN2O3. The molecule has 1 unspecified atom stereocenters. The van der Waals surface area contributed by atoms with Crippen LogP contribution in [0.15, 0.2) is 42.5 Å². The van der Waals surface area contributed by atoms with Gasteiger partial charge in [-0.2, -0.15) is 0 Å². The number of nitrogens with zero attached hydrogens (tertiary/aromatic N) is 2. The van der Waals surface area contributed by atoms with Gasteiger partial charge in [0.15, 0.2) is 0 Å². The van der Waals surface area contributed by atoms with Gasteiger partial charge >= 0.3 is 0 Å². The van der Waals surface area contributed by atoms with Gasteiger partial charge in [0.05, 0.1) is 26.4 Å². The van der Waals surface area contributed by atoms with Crippen molar-refractivity contribution in [2.45, 2.75) is 18.9 Å². The van der Waals surface area contributed by atoms with Gasteiger partial charge in [-0.15, -0.1) is 0 Å². The molecular weight excluding hydrogens is 359 g/mol. The molecule has 0 saturated carbocycles. The molecule has 1 fully saturated rings. The van der Waals surface area contributed by atoms with Gasteiger partial charge in [0.25, 0.3) is 0 Å². The molecule has 2 aliphatic heterocycles. The quantitative estimate of drug-likeness (QED) is 0.812. The van der Waals surface area contributed by atoms with Gasteiger partial charge in [-0.25, -0.2) is 4.39 Å².